The van der Waals surface area contributed by atoms with Crippen LogP contribution in [0.1, 0.15) is 5.56 Å². The number of hydrogen-bond acceptors (Lipinski definition) is 3. The quantitative estimate of drug-likeness (QED) is 0.744. The minimum Gasteiger partial charge on any atom is -0.494 e. The lowest BCUT2D eigenvalue weighted by molar-refractivity contribution is 0.386. The molecular weight excluding hydrogens is 307 g/mol. The molecule has 4 nitrogen and oxygen atoms in total. The zero-order valence-corrected chi connectivity index (χ0v) is 12.5. The first-order valence-electron chi connectivity index (χ1n) is 6.55. The highest BCUT2D eigenvalue weighted by Gasteiger charge is 2.08. The number of fused-ring (bicyclic) bond motifs is 1. The van der Waals surface area contributed by atoms with Crippen molar-refractivity contribution in [3.8, 4) is 5.75 Å². The summed E-state index contributed by atoms with van der Waals surface area (Å²) in [5.74, 6) is -0.302. The molecule has 0 radical (unpaired) electrons. The number of ether oxygens (including phenoxy) is 1. The second kappa shape index (κ2) is 5.77. The summed E-state index contributed by atoms with van der Waals surface area (Å²) in [6.07, 6.45) is 1.45. The van der Waals surface area contributed by atoms with Crippen LogP contribution in [0.2, 0.25) is 5.02 Å². The fourth-order valence-electron chi connectivity index (χ4n) is 2.25. The molecule has 0 fully saturated rings. The molecule has 3 rings (SSSR count). The first-order chi connectivity index (χ1) is 10.6. The van der Waals surface area contributed by atoms with Crippen LogP contribution in [0, 0.1) is 5.82 Å². The topological polar surface area (TPSA) is 44.1 Å². The van der Waals surface area contributed by atoms with E-state index in [-0.39, 0.29) is 17.9 Å². The predicted octanol–water partition coefficient (Wildman–Crippen LogP) is 3.25. The van der Waals surface area contributed by atoms with Crippen molar-refractivity contribution in [3.05, 3.63) is 69.5 Å². The Hall–Kier alpha value is -2.40. The lowest BCUT2D eigenvalue weighted by Crippen LogP contribution is -2.21. The summed E-state index contributed by atoms with van der Waals surface area (Å²) in [6.45, 7) is 0.217. The van der Waals surface area contributed by atoms with E-state index in [1.165, 1.54) is 30.1 Å². The molecule has 6 heteroatoms. The Morgan fingerprint density at radius 2 is 2.09 bits per heavy atom. The molecule has 1 aromatic heterocycles. The Morgan fingerprint density at radius 3 is 2.82 bits per heavy atom. The van der Waals surface area contributed by atoms with Crippen molar-refractivity contribution in [1.82, 2.24) is 9.55 Å². The van der Waals surface area contributed by atoms with E-state index in [1.807, 2.05) is 0 Å². The van der Waals surface area contributed by atoms with Crippen molar-refractivity contribution >= 4 is 22.5 Å². The standard InChI is InChI=1S/C16H12ClFN2O2/c1-22-15-5-2-10(6-13(15)18)8-20-9-19-14-4-3-11(17)7-12(14)16(20)21/h2-7,9H,8H2,1H3. The molecule has 0 spiro atoms. The monoisotopic (exact) mass is 318 g/mol. The third-order valence-corrected chi connectivity index (χ3v) is 3.59. The van der Waals surface area contributed by atoms with E-state index in [4.69, 9.17) is 16.3 Å². The van der Waals surface area contributed by atoms with E-state index in [2.05, 4.69) is 4.98 Å². The van der Waals surface area contributed by atoms with Crippen LogP contribution in [0.4, 0.5) is 4.39 Å². The molecule has 0 aliphatic carbocycles. The average molecular weight is 319 g/mol. The maximum Gasteiger partial charge on any atom is 0.261 e. The summed E-state index contributed by atoms with van der Waals surface area (Å²) in [5, 5.41) is 0.906. The Kier molecular flexibility index (Phi) is 3.81. The highest BCUT2D eigenvalue weighted by molar-refractivity contribution is 6.31. The molecule has 112 valence electrons. The molecule has 0 amide bonds. The van der Waals surface area contributed by atoms with E-state index in [1.54, 1.807) is 24.3 Å². The maximum absolute atomic E-state index is 13.7. The van der Waals surface area contributed by atoms with Crippen LogP contribution < -0.4 is 10.3 Å². The molecule has 0 saturated carbocycles. The van der Waals surface area contributed by atoms with Crippen LogP contribution in [0.3, 0.4) is 0 Å². The van der Waals surface area contributed by atoms with Gasteiger partial charge in [0.2, 0.25) is 0 Å². The first kappa shape index (κ1) is 14.5. The van der Waals surface area contributed by atoms with Gasteiger partial charge in [0.1, 0.15) is 0 Å². The molecule has 0 saturated heterocycles. The molecule has 0 atom stereocenters. The largest absolute Gasteiger partial charge is 0.494 e. The molecule has 0 aliphatic heterocycles. The number of rotatable bonds is 3. The molecule has 0 N–H and O–H groups in total. The van der Waals surface area contributed by atoms with Gasteiger partial charge in [0.25, 0.3) is 5.56 Å². The van der Waals surface area contributed by atoms with Crippen LogP contribution in [0.25, 0.3) is 10.9 Å². The van der Waals surface area contributed by atoms with Crippen molar-refractivity contribution in [2.75, 3.05) is 7.11 Å². The van der Waals surface area contributed by atoms with Gasteiger partial charge < -0.3 is 4.74 Å². The number of aromatic nitrogens is 2. The minimum atomic E-state index is -0.468. The van der Waals surface area contributed by atoms with Crippen LogP contribution in [-0.4, -0.2) is 16.7 Å². The summed E-state index contributed by atoms with van der Waals surface area (Å²) in [7, 11) is 1.40. The third-order valence-electron chi connectivity index (χ3n) is 3.36. The number of nitrogens with zero attached hydrogens (tertiary/aromatic N) is 2. The summed E-state index contributed by atoms with van der Waals surface area (Å²) in [5.41, 5.74) is 0.999. The Balaban J connectivity index is 2.02. The van der Waals surface area contributed by atoms with Crippen molar-refractivity contribution in [2.45, 2.75) is 6.54 Å². The van der Waals surface area contributed by atoms with Crippen molar-refractivity contribution in [3.63, 3.8) is 0 Å². The number of benzene rings is 2. The first-order valence-corrected chi connectivity index (χ1v) is 6.93. The summed E-state index contributed by atoms with van der Waals surface area (Å²) in [6, 6.07) is 9.53. The van der Waals surface area contributed by atoms with Gasteiger partial charge in [-0.05, 0) is 35.9 Å². The van der Waals surface area contributed by atoms with Gasteiger partial charge in [-0.25, -0.2) is 9.37 Å². The zero-order chi connectivity index (χ0) is 15.7. The molecule has 0 unspecified atom stereocenters. The zero-order valence-electron chi connectivity index (χ0n) is 11.7. The van der Waals surface area contributed by atoms with Gasteiger partial charge in [0.05, 0.1) is 30.9 Å². The van der Waals surface area contributed by atoms with Gasteiger partial charge >= 0.3 is 0 Å². The molecular formula is C16H12ClFN2O2. The van der Waals surface area contributed by atoms with Gasteiger partial charge in [-0.15, -0.1) is 0 Å². The van der Waals surface area contributed by atoms with Crippen LogP contribution in [0.5, 0.6) is 5.75 Å². The lowest BCUT2D eigenvalue weighted by atomic mass is 10.2. The fourth-order valence-corrected chi connectivity index (χ4v) is 2.42. The van der Waals surface area contributed by atoms with Crippen LogP contribution in [-0.2, 0) is 6.54 Å². The highest BCUT2D eigenvalue weighted by atomic mass is 35.5. The highest BCUT2D eigenvalue weighted by Crippen LogP contribution is 2.18. The third kappa shape index (κ3) is 2.67. The molecule has 22 heavy (non-hydrogen) atoms. The van der Waals surface area contributed by atoms with E-state index in [9.17, 15) is 9.18 Å². The second-order valence-electron chi connectivity index (χ2n) is 4.81. The van der Waals surface area contributed by atoms with Gasteiger partial charge in [-0.2, -0.15) is 0 Å². The van der Waals surface area contributed by atoms with Crippen molar-refractivity contribution in [1.29, 1.82) is 0 Å². The van der Waals surface area contributed by atoms with E-state index in [0.29, 0.717) is 21.5 Å². The SMILES string of the molecule is COc1ccc(Cn2cnc3ccc(Cl)cc3c2=O)cc1F. The Labute approximate surface area is 130 Å². The van der Waals surface area contributed by atoms with Crippen molar-refractivity contribution in [2.24, 2.45) is 0 Å². The molecule has 0 aliphatic rings. The number of methoxy groups -OCH3 is 1. The maximum atomic E-state index is 13.7. The van der Waals surface area contributed by atoms with E-state index >= 15 is 0 Å². The Morgan fingerprint density at radius 1 is 1.27 bits per heavy atom. The lowest BCUT2D eigenvalue weighted by Gasteiger charge is -2.08. The number of halogens is 2. The molecule has 2 aromatic carbocycles. The molecule has 0 bridgehead atoms. The second-order valence-corrected chi connectivity index (χ2v) is 5.24. The van der Waals surface area contributed by atoms with Gasteiger partial charge in [-0.3, -0.25) is 9.36 Å². The van der Waals surface area contributed by atoms with Gasteiger partial charge in [-0.1, -0.05) is 17.7 Å². The van der Waals surface area contributed by atoms with Crippen LogP contribution in [0.15, 0.2) is 47.5 Å². The fraction of sp³-hybridized carbons (Fsp3) is 0.125. The summed E-state index contributed by atoms with van der Waals surface area (Å²) in [4.78, 5) is 16.7. The van der Waals surface area contributed by atoms with Crippen LogP contribution >= 0.6 is 11.6 Å². The smallest absolute Gasteiger partial charge is 0.261 e. The number of hydrogen-bond donors (Lipinski definition) is 0. The molecule has 1 heterocycles. The molecule has 3 aromatic rings. The minimum absolute atomic E-state index is 0.166. The van der Waals surface area contributed by atoms with E-state index in [0.717, 1.165) is 0 Å². The van der Waals surface area contributed by atoms with Gasteiger partial charge in [0.15, 0.2) is 11.6 Å². The van der Waals surface area contributed by atoms with E-state index < -0.39 is 5.82 Å². The van der Waals surface area contributed by atoms with Gasteiger partial charge in [0, 0.05) is 5.02 Å². The average Bonchev–Trinajstić information content (AvgIpc) is 2.51. The Bertz CT molecular complexity index is 908. The van der Waals surface area contributed by atoms with Crippen molar-refractivity contribution < 1.29 is 9.13 Å². The normalized spacial score (nSPS) is 10.9. The summed E-state index contributed by atoms with van der Waals surface area (Å²) >= 11 is 5.92. The summed E-state index contributed by atoms with van der Waals surface area (Å²) < 4.78 is 20.0. The predicted molar refractivity (Wildman–Crippen MR) is 83.1 cm³/mol.